The van der Waals surface area contributed by atoms with Crippen molar-refractivity contribution >= 4 is 18.0 Å². The Morgan fingerprint density at radius 2 is 1.35 bits per heavy atom. The number of alkyl carbamates (subject to hydrolysis) is 1. The molecule has 1 aromatic carbocycles. The number of ether oxygens (including phenoxy) is 3. The molecule has 0 saturated heterocycles. The van der Waals surface area contributed by atoms with Crippen LogP contribution in [0.2, 0.25) is 0 Å². The lowest BCUT2D eigenvalue weighted by molar-refractivity contribution is -0.162. The molecule has 2 N–H and O–H groups in total. The van der Waals surface area contributed by atoms with Gasteiger partial charge in [0.25, 0.3) is 0 Å². The second kappa shape index (κ2) is 12.2. The average molecular weight is 479 g/mol. The van der Waals surface area contributed by atoms with Gasteiger partial charge < -0.3 is 24.8 Å². The third-order valence-electron chi connectivity index (χ3n) is 4.19. The molecule has 0 fully saturated rings. The van der Waals surface area contributed by atoms with Gasteiger partial charge in [0.15, 0.2) is 6.04 Å². The molecule has 0 saturated carbocycles. The topological polar surface area (TPSA) is 103 Å². The highest BCUT2D eigenvalue weighted by atomic mass is 16.6. The van der Waals surface area contributed by atoms with Gasteiger partial charge in [-0.15, -0.1) is 0 Å². The highest BCUT2D eigenvalue weighted by Gasteiger charge is 2.30. The lowest BCUT2D eigenvalue weighted by atomic mass is 10.0. The van der Waals surface area contributed by atoms with Crippen molar-refractivity contribution in [3.8, 4) is 0 Å². The zero-order valence-corrected chi connectivity index (χ0v) is 22.1. The van der Waals surface area contributed by atoms with Gasteiger partial charge in [-0.3, -0.25) is 4.79 Å². The first-order chi connectivity index (χ1) is 15.4. The lowest BCUT2D eigenvalue weighted by Gasteiger charge is -2.28. The van der Waals surface area contributed by atoms with E-state index in [1.807, 2.05) is 51.1 Å². The zero-order chi connectivity index (χ0) is 26.2. The summed E-state index contributed by atoms with van der Waals surface area (Å²) < 4.78 is 16.6. The van der Waals surface area contributed by atoms with Gasteiger partial charge in [0.2, 0.25) is 5.91 Å². The number of benzene rings is 1. The van der Waals surface area contributed by atoms with Gasteiger partial charge in [-0.25, -0.2) is 9.59 Å². The highest BCUT2D eigenvalue weighted by Crippen LogP contribution is 2.13. The van der Waals surface area contributed by atoms with Crippen molar-refractivity contribution in [3.63, 3.8) is 0 Å². The molecular weight excluding hydrogens is 436 g/mol. The third-order valence-corrected chi connectivity index (χ3v) is 4.19. The van der Waals surface area contributed by atoms with Crippen LogP contribution < -0.4 is 10.6 Å². The molecule has 0 radical (unpaired) electrons. The quantitative estimate of drug-likeness (QED) is 0.517. The maximum absolute atomic E-state index is 12.9. The molecule has 0 aliphatic rings. The number of nitrogens with one attached hydrogen (secondary N) is 2. The van der Waals surface area contributed by atoms with Gasteiger partial charge in [-0.1, -0.05) is 30.3 Å². The second-order valence-electron chi connectivity index (χ2n) is 11.3. The summed E-state index contributed by atoms with van der Waals surface area (Å²) in [5.41, 5.74) is -0.929. The highest BCUT2D eigenvalue weighted by molar-refractivity contribution is 5.85. The zero-order valence-electron chi connectivity index (χ0n) is 22.1. The Morgan fingerprint density at radius 3 is 1.85 bits per heavy atom. The molecule has 8 heteroatoms. The lowest BCUT2D eigenvalue weighted by Crippen LogP contribution is -2.50. The monoisotopic (exact) mass is 478 g/mol. The SMILES string of the molecule is CC(C)(C)OC[C@H](NC(=O)C[C@H](Cc1ccccc1)NC(=O)OC(C)(C)C)C(=O)OC(C)(C)C. The van der Waals surface area contributed by atoms with E-state index in [9.17, 15) is 14.4 Å². The average Bonchev–Trinajstić information content (AvgIpc) is 2.62. The summed E-state index contributed by atoms with van der Waals surface area (Å²) >= 11 is 0. The summed E-state index contributed by atoms with van der Waals surface area (Å²) in [6, 6.07) is 7.99. The smallest absolute Gasteiger partial charge is 0.407 e. The van der Waals surface area contributed by atoms with Crippen molar-refractivity contribution in [2.45, 2.75) is 104 Å². The number of carbonyl (C=O) groups is 3. The van der Waals surface area contributed by atoms with Gasteiger partial charge in [0.05, 0.1) is 12.2 Å². The van der Waals surface area contributed by atoms with E-state index < -0.39 is 46.9 Å². The number of hydrogen-bond acceptors (Lipinski definition) is 6. The molecule has 0 heterocycles. The van der Waals surface area contributed by atoms with Crippen LogP contribution in [-0.4, -0.2) is 53.5 Å². The van der Waals surface area contributed by atoms with E-state index in [1.54, 1.807) is 41.5 Å². The maximum atomic E-state index is 12.9. The number of rotatable bonds is 9. The van der Waals surface area contributed by atoms with E-state index >= 15 is 0 Å². The van der Waals surface area contributed by atoms with Gasteiger partial charge in [0, 0.05) is 12.5 Å². The Labute approximate surface area is 204 Å². The largest absolute Gasteiger partial charge is 0.458 e. The number of hydrogen-bond donors (Lipinski definition) is 2. The van der Waals surface area contributed by atoms with E-state index in [2.05, 4.69) is 10.6 Å². The number of carbonyl (C=O) groups excluding carboxylic acids is 3. The Bertz CT molecular complexity index is 803. The fourth-order valence-corrected chi connectivity index (χ4v) is 2.90. The molecular formula is C26H42N2O6. The molecule has 0 spiro atoms. The van der Waals surface area contributed by atoms with E-state index in [0.29, 0.717) is 6.42 Å². The second-order valence-corrected chi connectivity index (χ2v) is 11.3. The molecule has 1 aromatic rings. The summed E-state index contributed by atoms with van der Waals surface area (Å²) in [4.78, 5) is 38.0. The molecule has 0 bridgehead atoms. The van der Waals surface area contributed by atoms with Crippen LogP contribution in [-0.2, 0) is 30.2 Å². The van der Waals surface area contributed by atoms with Crippen LogP contribution in [0.5, 0.6) is 0 Å². The van der Waals surface area contributed by atoms with Gasteiger partial charge >= 0.3 is 12.1 Å². The Balaban J connectivity index is 2.95. The minimum atomic E-state index is -0.982. The van der Waals surface area contributed by atoms with Crippen LogP contribution in [0.3, 0.4) is 0 Å². The van der Waals surface area contributed by atoms with Crippen molar-refractivity contribution in [3.05, 3.63) is 35.9 Å². The molecule has 0 aromatic heterocycles. The number of esters is 1. The standard InChI is InChI=1S/C26H42N2O6/c1-24(2,3)32-17-20(22(30)33-25(4,5)6)28-21(29)16-19(15-18-13-11-10-12-14-18)27-23(31)34-26(7,8)9/h10-14,19-20H,15-17H2,1-9H3,(H,27,31)(H,28,29)/t19-,20-/m0/s1. The Hall–Kier alpha value is -2.61. The molecule has 0 aliphatic carbocycles. The molecule has 0 aliphatic heterocycles. The molecule has 8 nitrogen and oxygen atoms in total. The van der Waals surface area contributed by atoms with Gasteiger partial charge in [-0.2, -0.15) is 0 Å². The first-order valence-electron chi connectivity index (χ1n) is 11.6. The van der Waals surface area contributed by atoms with Gasteiger partial charge in [-0.05, 0) is 74.3 Å². The summed E-state index contributed by atoms with van der Waals surface area (Å²) in [6.07, 6.45) is -0.243. The van der Waals surface area contributed by atoms with Crippen molar-refractivity contribution in [2.24, 2.45) is 0 Å². The fourth-order valence-electron chi connectivity index (χ4n) is 2.90. The first-order valence-corrected chi connectivity index (χ1v) is 11.6. The van der Waals surface area contributed by atoms with Crippen molar-refractivity contribution < 1.29 is 28.6 Å². The van der Waals surface area contributed by atoms with E-state index in [1.165, 1.54) is 0 Å². The third kappa shape index (κ3) is 13.8. The predicted molar refractivity (Wildman–Crippen MR) is 131 cm³/mol. The molecule has 34 heavy (non-hydrogen) atoms. The Morgan fingerprint density at radius 1 is 0.794 bits per heavy atom. The number of amides is 2. The summed E-state index contributed by atoms with van der Waals surface area (Å²) in [7, 11) is 0. The van der Waals surface area contributed by atoms with Crippen LogP contribution in [0.15, 0.2) is 30.3 Å². The summed E-state index contributed by atoms with van der Waals surface area (Å²) in [6.45, 7) is 16.1. The maximum Gasteiger partial charge on any atom is 0.407 e. The van der Waals surface area contributed by atoms with Crippen LogP contribution in [0.25, 0.3) is 0 Å². The normalized spacial score (nSPS) is 14.0. The molecule has 2 amide bonds. The fraction of sp³-hybridized carbons (Fsp3) is 0.654. The predicted octanol–water partition coefficient (Wildman–Crippen LogP) is 4.15. The van der Waals surface area contributed by atoms with E-state index in [-0.39, 0.29) is 13.0 Å². The van der Waals surface area contributed by atoms with E-state index in [0.717, 1.165) is 5.56 Å². The van der Waals surface area contributed by atoms with Crippen LogP contribution in [0, 0.1) is 0 Å². The van der Waals surface area contributed by atoms with Gasteiger partial charge in [0.1, 0.15) is 11.2 Å². The molecule has 192 valence electrons. The van der Waals surface area contributed by atoms with Crippen molar-refractivity contribution in [2.75, 3.05) is 6.61 Å². The summed E-state index contributed by atoms with van der Waals surface area (Å²) in [5.74, 6) is -0.991. The molecule has 2 atom stereocenters. The van der Waals surface area contributed by atoms with Crippen LogP contribution in [0.4, 0.5) is 4.79 Å². The minimum Gasteiger partial charge on any atom is -0.458 e. The van der Waals surface area contributed by atoms with Crippen LogP contribution >= 0.6 is 0 Å². The van der Waals surface area contributed by atoms with Crippen molar-refractivity contribution in [1.82, 2.24) is 10.6 Å². The minimum absolute atomic E-state index is 0.0347. The molecule has 1 rings (SSSR count). The first kappa shape index (κ1) is 29.4. The van der Waals surface area contributed by atoms with E-state index in [4.69, 9.17) is 14.2 Å². The molecule has 0 unspecified atom stereocenters. The van der Waals surface area contributed by atoms with Crippen molar-refractivity contribution in [1.29, 1.82) is 0 Å². The van der Waals surface area contributed by atoms with Crippen LogP contribution in [0.1, 0.15) is 74.3 Å². The summed E-state index contributed by atoms with van der Waals surface area (Å²) in [5, 5.41) is 5.50. The Kier molecular flexibility index (Phi) is 10.6.